The molecule has 1 unspecified atom stereocenters. The SMILES string of the molecule is CCCCCN(C(=O)OC)C(CC(=O)O)C(=O)O. The Hall–Kier alpha value is -1.79. The van der Waals surface area contributed by atoms with E-state index in [0.717, 1.165) is 24.9 Å². The average Bonchev–Trinajstić information content (AvgIpc) is 2.31. The smallest absolute Gasteiger partial charge is 0.410 e. The van der Waals surface area contributed by atoms with Gasteiger partial charge in [-0.3, -0.25) is 9.69 Å². The van der Waals surface area contributed by atoms with Gasteiger partial charge in [-0.05, 0) is 6.42 Å². The fourth-order valence-corrected chi connectivity index (χ4v) is 1.52. The van der Waals surface area contributed by atoms with Crippen LogP contribution in [0.15, 0.2) is 0 Å². The zero-order valence-corrected chi connectivity index (χ0v) is 10.6. The van der Waals surface area contributed by atoms with E-state index in [4.69, 9.17) is 10.2 Å². The molecule has 0 aliphatic heterocycles. The molecule has 0 aliphatic carbocycles. The first-order valence-electron chi connectivity index (χ1n) is 5.73. The topological polar surface area (TPSA) is 104 Å². The van der Waals surface area contributed by atoms with Crippen molar-refractivity contribution in [1.29, 1.82) is 0 Å². The van der Waals surface area contributed by atoms with Crippen molar-refractivity contribution in [1.82, 2.24) is 4.90 Å². The number of hydrogen-bond acceptors (Lipinski definition) is 4. The highest BCUT2D eigenvalue weighted by atomic mass is 16.5. The Labute approximate surface area is 105 Å². The Morgan fingerprint density at radius 3 is 2.22 bits per heavy atom. The van der Waals surface area contributed by atoms with Crippen molar-refractivity contribution in [2.24, 2.45) is 0 Å². The van der Waals surface area contributed by atoms with Crippen LogP contribution < -0.4 is 0 Å². The molecule has 7 heteroatoms. The third kappa shape index (κ3) is 5.51. The van der Waals surface area contributed by atoms with E-state index >= 15 is 0 Å². The Bertz CT molecular complexity index is 304. The summed E-state index contributed by atoms with van der Waals surface area (Å²) in [5.41, 5.74) is 0. The van der Waals surface area contributed by atoms with E-state index in [9.17, 15) is 14.4 Å². The number of nitrogens with zero attached hydrogens (tertiary/aromatic N) is 1. The average molecular weight is 261 g/mol. The minimum Gasteiger partial charge on any atom is -0.481 e. The highest BCUT2D eigenvalue weighted by molar-refractivity contribution is 5.84. The zero-order chi connectivity index (χ0) is 14.1. The summed E-state index contributed by atoms with van der Waals surface area (Å²) in [6, 6.07) is -1.40. The first kappa shape index (κ1) is 16.2. The summed E-state index contributed by atoms with van der Waals surface area (Å²) < 4.78 is 4.49. The number of unbranched alkanes of at least 4 members (excludes halogenated alkanes) is 2. The summed E-state index contributed by atoms with van der Waals surface area (Å²) in [5, 5.41) is 17.6. The largest absolute Gasteiger partial charge is 0.481 e. The molecule has 0 aliphatic rings. The summed E-state index contributed by atoms with van der Waals surface area (Å²) in [7, 11) is 1.13. The van der Waals surface area contributed by atoms with Gasteiger partial charge in [0, 0.05) is 6.54 Å². The van der Waals surface area contributed by atoms with E-state index < -0.39 is 30.5 Å². The number of carboxylic acids is 2. The molecule has 7 nitrogen and oxygen atoms in total. The van der Waals surface area contributed by atoms with Crippen LogP contribution in [0, 0.1) is 0 Å². The second kappa shape index (κ2) is 8.32. The van der Waals surface area contributed by atoms with Crippen molar-refractivity contribution >= 4 is 18.0 Å². The first-order chi connectivity index (χ1) is 8.43. The van der Waals surface area contributed by atoms with Gasteiger partial charge >= 0.3 is 18.0 Å². The van der Waals surface area contributed by atoms with Gasteiger partial charge in [-0.1, -0.05) is 19.8 Å². The van der Waals surface area contributed by atoms with Crippen LogP contribution in [0.1, 0.15) is 32.6 Å². The van der Waals surface area contributed by atoms with Gasteiger partial charge in [0.25, 0.3) is 0 Å². The maximum Gasteiger partial charge on any atom is 0.410 e. The van der Waals surface area contributed by atoms with Gasteiger partial charge in [-0.25, -0.2) is 9.59 Å². The minimum atomic E-state index is -1.40. The summed E-state index contributed by atoms with van der Waals surface area (Å²) in [6.45, 7) is 2.14. The molecule has 0 aromatic carbocycles. The highest BCUT2D eigenvalue weighted by Crippen LogP contribution is 2.10. The molecule has 104 valence electrons. The van der Waals surface area contributed by atoms with Crippen LogP contribution in [0.4, 0.5) is 4.79 Å². The lowest BCUT2D eigenvalue weighted by Crippen LogP contribution is -2.46. The van der Waals surface area contributed by atoms with Crippen molar-refractivity contribution in [3.05, 3.63) is 0 Å². The molecule has 1 amide bonds. The normalized spacial score (nSPS) is 11.7. The van der Waals surface area contributed by atoms with Crippen molar-refractivity contribution < 1.29 is 29.3 Å². The Morgan fingerprint density at radius 1 is 1.22 bits per heavy atom. The number of ether oxygens (including phenoxy) is 1. The summed E-state index contributed by atoms with van der Waals surface area (Å²) >= 11 is 0. The van der Waals surface area contributed by atoms with Gasteiger partial charge in [0.05, 0.1) is 13.5 Å². The van der Waals surface area contributed by atoms with Crippen LogP contribution in [0.5, 0.6) is 0 Å². The number of amides is 1. The van der Waals surface area contributed by atoms with Gasteiger partial charge < -0.3 is 14.9 Å². The van der Waals surface area contributed by atoms with Crippen molar-refractivity contribution in [3.8, 4) is 0 Å². The van der Waals surface area contributed by atoms with Crippen LogP contribution in [0.2, 0.25) is 0 Å². The van der Waals surface area contributed by atoms with E-state index in [1.54, 1.807) is 0 Å². The summed E-state index contributed by atoms with van der Waals surface area (Å²) in [4.78, 5) is 34.1. The van der Waals surface area contributed by atoms with Gasteiger partial charge in [0.15, 0.2) is 0 Å². The first-order valence-corrected chi connectivity index (χ1v) is 5.73. The summed E-state index contributed by atoms with van der Waals surface area (Å²) in [6.07, 6.45) is 0.879. The van der Waals surface area contributed by atoms with Crippen molar-refractivity contribution in [2.75, 3.05) is 13.7 Å². The molecule has 2 N–H and O–H groups in total. The lowest BCUT2D eigenvalue weighted by molar-refractivity contribution is -0.149. The monoisotopic (exact) mass is 261 g/mol. The van der Waals surface area contributed by atoms with Crippen LogP contribution in [-0.2, 0) is 14.3 Å². The highest BCUT2D eigenvalue weighted by Gasteiger charge is 2.31. The van der Waals surface area contributed by atoms with Crippen molar-refractivity contribution in [2.45, 2.75) is 38.6 Å². The van der Waals surface area contributed by atoms with E-state index in [-0.39, 0.29) is 6.54 Å². The predicted molar refractivity (Wildman–Crippen MR) is 62.3 cm³/mol. The van der Waals surface area contributed by atoms with Crippen LogP contribution >= 0.6 is 0 Å². The molecule has 0 heterocycles. The van der Waals surface area contributed by atoms with E-state index in [2.05, 4.69) is 4.74 Å². The molecule has 0 saturated heterocycles. The van der Waals surface area contributed by atoms with E-state index in [1.807, 2.05) is 6.92 Å². The number of carbonyl (C=O) groups excluding carboxylic acids is 1. The van der Waals surface area contributed by atoms with Gasteiger partial charge in [-0.15, -0.1) is 0 Å². The zero-order valence-electron chi connectivity index (χ0n) is 10.6. The van der Waals surface area contributed by atoms with Gasteiger partial charge in [0.2, 0.25) is 0 Å². The third-order valence-electron chi connectivity index (χ3n) is 2.44. The van der Waals surface area contributed by atoms with Crippen LogP contribution in [0.25, 0.3) is 0 Å². The van der Waals surface area contributed by atoms with E-state index in [0.29, 0.717) is 6.42 Å². The van der Waals surface area contributed by atoms with Gasteiger partial charge in [-0.2, -0.15) is 0 Å². The standard InChI is InChI=1S/C11H19NO6/c1-3-4-5-6-12(11(17)18-2)8(10(15)16)7-9(13)14/h8H,3-7H2,1-2H3,(H,13,14)(H,15,16). The fourth-order valence-electron chi connectivity index (χ4n) is 1.52. The lowest BCUT2D eigenvalue weighted by Gasteiger charge is -2.26. The molecule has 0 saturated carbocycles. The van der Waals surface area contributed by atoms with E-state index in [1.165, 1.54) is 0 Å². The molecule has 0 aromatic rings. The molecule has 18 heavy (non-hydrogen) atoms. The number of carboxylic acid groups (broad SMARTS) is 2. The Kier molecular flexibility index (Phi) is 7.50. The van der Waals surface area contributed by atoms with Gasteiger partial charge in [0.1, 0.15) is 6.04 Å². The number of rotatable bonds is 8. The number of aliphatic carboxylic acids is 2. The molecule has 0 fully saturated rings. The maximum absolute atomic E-state index is 11.5. The fraction of sp³-hybridized carbons (Fsp3) is 0.727. The Balaban J connectivity index is 4.80. The predicted octanol–water partition coefficient (Wildman–Crippen LogP) is 1.17. The maximum atomic E-state index is 11.5. The lowest BCUT2D eigenvalue weighted by atomic mass is 10.1. The molecule has 0 rings (SSSR count). The second-order valence-electron chi connectivity index (χ2n) is 3.82. The third-order valence-corrected chi connectivity index (χ3v) is 2.44. The molecule has 0 spiro atoms. The number of carbonyl (C=O) groups is 3. The summed E-state index contributed by atoms with van der Waals surface area (Å²) in [5.74, 6) is -2.62. The van der Waals surface area contributed by atoms with Crippen molar-refractivity contribution in [3.63, 3.8) is 0 Å². The molecule has 0 bridgehead atoms. The molecular formula is C11H19NO6. The molecule has 0 radical (unpaired) electrons. The Morgan fingerprint density at radius 2 is 1.83 bits per heavy atom. The molecule has 1 atom stereocenters. The van der Waals surface area contributed by atoms with Crippen LogP contribution in [-0.4, -0.2) is 52.8 Å². The quantitative estimate of drug-likeness (QED) is 0.635. The number of hydrogen-bond donors (Lipinski definition) is 2. The minimum absolute atomic E-state index is 0.171. The second-order valence-corrected chi connectivity index (χ2v) is 3.82. The number of methoxy groups -OCH3 is 1. The molecule has 0 aromatic heterocycles. The van der Waals surface area contributed by atoms with Crippen LogP contribution in [0.3, 0.4) is 0 Å². The molecular weight excluding hydrogens is 242 g/mol.